The third-order valence-electron chi connectivity index (χ3n) is 9.65. The third kappa shape index (κ3) is 1.53. The molecular formula is C26H32N2. The molecule has 2 aromatic rings. The zero-order valence-corrected chi connectivity index (χ0v) is 17.5. The van der Waals surface area contributed by atoms with Crippen molar-refractivity contribution in [2.45, 2.75) is 75.5 Å². The van der Waals surface area contributed by atoms with Crippen LogP contribution in [0.4, 0.5) is 0 Å². The second-order valence-electron chi connectivity index (χ2n) is 10.8. The van der Waals surface area contributed by atoms with Crippen LogP contribution in [0.2, 0.25) is 0 Å². The quantitative estimate of drug-likeness (QED) is 0.816. The summed E-state index contributed by atoms with van der Waals surface area (Å²) in [4.78, 5) is 0. The van der Waals surface area contributed by atoms with Gasteiger partial charge < -0.3 is 10.6 Å². The molecule has 2 heterocycles. The van der Waals surface area contributed by atoms with Gasteiger partial charge in [-0.25, -0.2) is 0 Å². The molecule has 6 atom stereocenters. The van der Waals surface area contributed by atoms with E-state index in [4.69, 9.17) is 0 Å². The molecule has 2 aliphatic heterocycles. The first-order valence-electron chi connectivity index (χ1n) is 11.0. The fourth-order valence-corrected chi connectivity index (χ4v) is 8.86. The minimum absolute atomic E-state index is 0.0691. The highest BCUT2D eigenvalue weighted by Gasteiger charge is 2.83. The minimum atomic E-state index is 0.0691. The zero-order valence-electron chi connectivity index (χ0n) is 17.5. The van der Waals surface area contributed by atoms with Crippen LogP contribution in [-0.4, -0.2) is 24.2 Å². The zero-order chi connectivity index (χ0) is 19.4. The molecule has 4 aliphatic rings. The first kappa shape index (κ1) is 17.2. The minimum Gasteiger partial charge on any atom is -0.310 e. The Morgan fingerprint density at radius 3 is 1.29 bits per heavy atom. The molecular weight excluding hydrogens is 340 g/mol. The molecule has 4 fully saturated rings. The van der Waals surface area contributed by atoms with Gasteiger partial charge >= 0.3 is 0 Å². The smallest absolute Gasteiger partial charge is 0.0290 e. The van der Waals surface area contributed by atoms with E-state index in [1.54, 1.807) is 0 Å². The molecule has 2 saturated heterocycles. The Bertz CT molecular complexity index is 840. The molecule has 2 nitrogen and oxygen atoms in total. The largest absolute Gasteiger partial charge is 0.310 e. The predicted octanol–water partition coefficient (Wildman–Crippen LogP) is 4.40. The maximum atomic E-state index is 4.17. The molecule has 2 aromatic carbocycles. The fourth-order valence-electron chi connectivity index (χ4n) is 8.86. The van der Waals surface area contributed by atoms with Crippen molar-refractivity contribution in [1.29, 1.82) is 0 Å². The van der Waals surface area contributed by atoms with Crippen molar-refractivity contribution in [1.82, 2.24) is 10.6 Å². The topological polar surface area (TPSA) is 24.1 Å². The molecule has 0 amide bonds. The molecule has 2 N–H and O–H groups in total. The number of rotatable bonds is 2. The molecule has 0 radical (unpaired) electrons. The molecule has 28 heavy (non-hydrogen) atoms. The van der Waals surface area contributed by atoms with Gasteiger partial charge in [0.1, 0.15) is 0 Å². The van der Waals surface area contributed by atoms with E-state index in [0.717, 1.165) is 0 Å². The van der Waals surface area contributed by atoms with Gasteiger partial charge in [-0.15, -0.1) is 0 Å². The normalized spacial score (nSPS) is 44.0. The Morgan fingerprint density at radius 2 is 0.929 bits per heavy atom. The summed E-state index contributed by atoms with van der Waals surface area (Å²) in [7, 11) is 0. The molecule has 6 unspecified atom stereocenters. The van der Waals surface area contributed by atoms with Gasteiger partial charge in [0.2, 0.25) is 0 Å². The van der Waals surface area contributed by atoms with Gasteiger partial charge in [0.05, 0.1) is 0 Å². The highest BCUT2D eigenvalue weighted by Crippen LogP contribution is 2.76. The van der Waals surface area contributed by atoms with Crippen molar-refractivity contribution < 1.29 is 0 Å². The van der Waals surface area contributed by atoms with Crippen LogP contribution >= 0.6 is 0 Å². The molecule has 0 aromatic heterocycles. The highest BCUT2D eigenvalue weighted by molar-refractivity contribution is 5.55. The molecule has 2 saturated carbocycles. The molecule has 4 bridgehead atoms. The van der Waals surface area contributed by atoms with E-state index >= 15 is 0 Å². The molecule has 2 heteroatoms. The summed E-state index contributed by atoms with van der Waals surface area (Å²) >= 11 is 0. The van der Waals surface area contributed by atoms with Crippen molar-refractivity contribution in [3.63, 3.8) is 0 Å². The van der Waals surface area contributed by atoms with Crippen LogP contribution in [0.1, 0.15) is 51.7 Å². The number of fused-ring (bicyclic) bond motifs is 2. The van der Waals surface area contributed by atoms with Crippen LogP contribution in [0, 0.1) is 10.8 Å². The summed E-state index contributed by atoms with van der Waals surface area (Å²) in [6, 6.07) is 25.1. The number of hydrogen-bond donors (Lipinski definition) is 2. The van der Waals surface area contributed by atoms with Crippen molar-refractivity contribution in [3.8, 4) is 0 Å². The van der Waals surface area contributed by atoms with Crippen LogP contribution in [0.3, 0.4) is 0 Å². The van der Waals surface area contributed by atoms with Gasteiger partial charge in [-0.05, 0) is 34.8 Å². The van der Waals surface area contributed by atoms with E-state index < -0.39 is 0 Å². The van der Waals surface area contributed by atoms with E-state index in [0.29, 0.717) is 24.2 Å². The van der Waals surface area contributed by atoms with Crippen LogP contribution in [0.25, 0.3) is 0 Å². The van der Waals surface area contributed by atoms with E-state index in [-0.39, 0.29) is 21.7 Å². The molecule has 2 aliphatic carbocycles. The van der Waals surface area contributed by atoms with Crippen molar-refractivity contribution in [2.75, 3.05) is 0 Å². The number of benzene rings is 2. The van der Waals surface area contributed by atoms with Crippen LogP contribution < -0.4 is 10.6 Å². The second-order valence-corrected chi connectivity index (χ2v) is 10.8. The van der Waals surface area contributed by atoms with Gasteiger partial charge in [-0.2, -0.15) is 0 Å². The predicted molar refractivity (Wildman–Crippen MR) is 114 cm³/mol. The monoisotopic (exact) mass is 372 g/mol. The lowest BCUT2D eigenvalue weighted by Gasteiger charge is -2.68. The van der Waals surface area contributed by atoms with E-state index in [1.807, 2.05) is 0 Å². The van der Waals surface area contributed by atoms with Crippen molar-refractivity contribution >= 4 is 0 Å². The van der Waals surface area contributed by atoms with Crippen LogP contribution in [-0.2, 0) is 10.8 Å². The Hall–Kier alpha value is -1.64. The van der Waals surface area contributed by atoms with Crippen LogP contribution in [0.5, 0.6) is 0 Å². The molecule has 6 rings (SSSR count). The SMILES string of the molecule is CC1(C)C2CC3NC4CC(N2)C1(c1ccccc1)C3(c1ccccc1)C4(C)C. The van der Waals surface area contributed by atoms with Gasteiger partial charge in [0.25, 0.3) is 0 Å². The van der Waals surface area contributed by atoms with Crippen molar-refractivity contribution in [2.24, 2.45) is 10.8 Å². The molecule has 0 spiro atoms. The maximum Gasteiger partial charge on any atom is 0.0290 e. The Kier molecular flexibility index (Phi) is 3.14. The lowest BCUT2D eigenvalue weighted by molar-refractivity contribution is -0.0591. The molecule has 146 valence electrons. The van der Waals surface area contributed by atoms with E-state index in [9.17, 15) is 0 Å². The van der Waals surface area contributed by atoms with E-state index in [2.05, 4.69) is 99.0 Å². The average molecular weight is 373 g/mol. The van der Waals surface area contributed by atoms with Crippen LogP contribution in [0.15, 0.2) is 60.7 Å². The second kappa shape index (κ2) is 5.09. The summed E-state index contributed by atoms with van der Waals surface area (Å²) in [6.45, 7) is 10.2. The lowest BCUT2D eigenvalue weighted by atomic mass is 9.33. The number of nitrogens with one attached hydrogen (secondary N) is 2. The standard InChI is InChI=1S/C26H32N2/c1-23(2)19-15-22-26(18-13-9-6-10-14-18)24(3,4)20(28-22)16-21(27-19)25(23,26)17-11-7-5-8-12-17/h5-14,19-22,27-28H,15-16H2,1-4H3. The number of hydrogen-bond acceptors (Lipinski definition) is 2. The first-order chi connectivity index (χ1) is 13.4. The fraction of sp³-hybridized carbons (Fsp3) is 0.538. The Labute approximate surface area is 169 Å². The summed E-state index contributed by atoms with van der Waals surface area (Å²) in [5, 5.41) is 8.33. The highest BCUT2D eigenvalue weighted by atomic mass is 15.2. The van der Waals surface area contributed by atoms with Gasteiger partial charge in [-0.3, -0.25) is 0 Å². The average Bonchev–Trinajstić information content (AvgIpc) is 2.91. The van der Waals surface area contributed by atoms with Crippen molar-refractivity contribution in [3.05, 3.63) is 71.8 Å². The summed E-state index contributed by atoms with van der Waals surface area (Å²) in [5.41, 5.74) is 3.56. The third-order valence-corrected chi connectivity index (χ3v) is 9.65. The first-order valence-corrected chi connectivity index (χ1v) is 11.0. The lowest BCUT2D eigenvalue weighted by Crippen LogP contribution is -2.74. The van der Waals surface area contributed by atoms with Gasteiger partial charge in [-0.1, -0.05) is 88.4 Å². The Morgan fingerprint density at radius 1 is 0.571 bits per heavy atom. The van der Waals surface area contributed by atoms with Gasteiger partial charge in [0, 0.05) is 35.0 Å². The summed E-state index contributed by atoms with van der Waals surface area (Å²) < 4.78 is 0. The van der Waals surface area contributed by atoms with Gasteiger partial charge in [0.15, 0.2) is 0 Å². The summed E-state index contributed by atoms with van der Waals surface area (Å²) in [6.07, 6.45) is 2.43. The summed E-state index contributed by atoms with van der Waals surface area (Å²) in [5.74, 6) is 0. The van der Waals surface area contributed by atoms with E-state index in [1.165, 1.54) is 24.0 Å². The maximum absolute atomic E-state index is 4.17. The Balaban J connectivity index is 1.79.